The molecule has 8 heavy (non-hydrogen) atoms. The number of halogens is 2. The summed E-state index contributed by atoms with van der Waals surface area (Å²) in [5.74, 6) is 0.620. The Balaban J connectivity index is 3.29. The van der Waals surface area contributed by atoms with E-state index >= 15 is 0 Å². The fourth-order valence-corrected chi connectivity index (χ4v) is 0.963. The van der Waals surface area contributed by atoms with Crippen molar-refractivity contribution in [2.45, 2.75) is 19.8 Å². The lowest BCUT2D eigenvalue weighted by atomic mass is 10.3. The van der Waals surface area contributed by atoms with Gasteiger partial charge in [-0.25, -0.2) is 0 Å². The molecule has 0 unspecified atom stereocenters. The lowest BCUT2D eigenvalue weighted by Crippen LogP contribution is -1.73. The van der Waals surface area contributed by atoms with E-state index in [1.807, 2.05) is 6.08 Å². The van der Waals surface area contributed by atoms with Crippen molar-refractivity contribution in [3.05, 3.63) is 11.1 Å². The molecule has 0 spiro atoms. The molecule has 0 aliphatic rings. The van der Waals surface area contributed by atoms with E-state index in [4.69, 9.17) is 23.2 Å². The molecule has 0 aromatic rings. The number of rotatable bonds is 3. The van der Waals surface area contributed by atoms with Gasteiger partial charge in [0.05, 0.1) is 0 Å². The van der Waals surface area contributed by atoms with Crippen LogP contribution in [0.5, 0.6) is 0 Å². The first kappa shape index (κ1) is 8.32. The van der Waals surface area contributed by atoms with Crippen molar-refractivity contribution >= 4 is 23.2 Å². The van der Waals surface area contributed by atoms with Gasteiger partial charge in [0.25, 0.3) is 0 Å². The molecule has 0 radical (unpaired) electrons. The number of alkyl halides is 1. The second-order valence-corrected chi connectivity index (χ2v) is 2.36. The van der Waals surface area contributed by atoms with E-state index in [1.165, 1.54) is 0 Å². The highest BCUT2D eigenvalue weighted by Gasteiger charge is 1.86. The van der Waals surface area contributed by atoms with Crippen molar-refractivity contribution < 1.29 is 0 Å². The summed E-state index contributed by atoms with van der Waals surface area (Å²) in [6.07, 6.45) is 3.77. The normalized spacial score (nSPS) is 12.1. The average Bonchev–Trinajstić information content (AvgIpc) is 1.68. The fourth-order valence-electron chi connectivity index (χ4n) is 0.414. The van der Waals surface area contributed by atoms with E-state index in [0.717, 1.165) is 17.9 Å². The minimum atomic E-state index is 0.620. The van der Waals surface area contributed by atoms with Crippen molar-refractivity contribution in [3.8, 4) is 0 Å². The Morgan fingerprint density at radius 1 is 1.62 bits per heavy atom. The van der Waals surface area contributed by atoms with Crippen LogP contribution < -0.4 is 0 Å². The topological polar surface area (TPSA) is 0 Å². The molecule has 0 atom stereocenters. The summed E-state index contributed by atoms with van der Waals surface area (Å²) in [4.78, 5) is 0. The van der Waals surface area contributed by atoms with Crippen molar-refractivity contribution in [2.24, 2.45) is 0 Å². The van der Waals surface area contributed by atoms with E-state index in [2.05, 4.69) is 6.92 Å². The second-order valence-electron chi connectivity index (χ2n) is 1.50. The predicted molar refractivity (Wildman–Crippen MR) is 39.6 cm³/mol. The second kappa shape index (κ2) is 5.46. The average molecular weight is 153 g/mol. The summed E-state index contributed by atoms with van der Waals surface area (Å²) >= 11 is 11.1. The third kappa shape index (κ3) is 4.48. The molecule has 0 nitrogen and oxygen atoms in total. The Labute approximate surface area is 60.5 Å². The quantitative estimate of drug-likeness (QED) is 0.546. The molecule has 48 valence electrons. The Morgan fingerprint density at radius 2 is 2.25 bits per heavy atom. The van der Waals surface area contributed by atoms with E-state index in [1.54, 1.807) is 0 Å². The van der Waals surface area contributed by atoms with E-state index in [-0.39, 0.29) is 0 Å². The molecule has 0 aliphatic heterocycles. The zero-order chi connectivity index (χ0) is 6.41. The molecule has 0 aromatic heterocycles. The van der Waals surface area contributed by atoms with Crippen LogP contribution in [0, 0.1) is 0 Å². The summed E-state index contributed by atoms with van der Waals surface area (Å²) in [5.41, 5.74) is 0. The van der Waals surface area contributed by atoms with Gasteiger partial charge in [-0.05, 0) is 12.8 Å². The highest BCUT2D eigenvalue weighted by molar-refractivity contribution is 6.30. The molecule has 0 rings (SSSR count). The molecule has 0 heterocycles. The van der Waals surface area contributed by atoms with Crippen molar-refractivity contribution in [2.75, 3.05) is 5.88 Å². The molecular formula is C6H10Cl2. The van der Waals surface area contributed by atoms with Gasteiger partial charge in [0.15, 0.2) is 0 Å². The molecule has 0 bridgehead atoms. The van der Waals surface area contributed by atoms with Gasteiger partial charge in [-0.2, -0.15) is 0 Å². The number of hydrogen-bond acceptors (Lipinski definition) is 0. The van der Waals surface area contributed by atoms with Crippen LogP contribution >= 0.6 is 23.2 Å². The first-order valence-electron chi connectivity index (χ1n) is 2.71. The van der Waals surface area contributed by atoms with Gasteiger partial charge in [-0.3, -0.25) is 0 Å². The van der Waals surface area contributed by atoms with Gasteiger partial charge in [0.1, 0.15) is 0 Å². The molecule has 0 fully saturated rings. The molecule has 0 aliphatic carbocycles. The van der Waals surface area contributed by atoms with Crippen LogP contribution in [0.1, 0.15) is 19.8 Å². The summed E-state index contributed by atoms with van der Waals surface area (Å²) in [6.45, 7) is 2.05. The maximum absolute atomic E-state index is 5.66. The molecule has 0 saturated heterocycles. The van der Waals surface area contributed by atoms with Crippen LogP contribution in [-0.2, 0) is 0 Å². The zero-order valence-corrected chi connectivity index (χ0v) is 6.47. The van der Waals surface area contributed by atoms with Crippen LogP contribution in [0.2, 0.25) is 0 Å². The fraction of sp³-hybridized carbons (Fsp3) is 0.667. The summed E-state index contributed by atoms with van der Waals surface area (Å²) in [5, 5.41) is 0.877. The van der Waals surface area contributed by atoms with Gasteiger partial charge in [0.2, 0.25) is 0 Å². The van der Waals surface area contributed by atoms with Crippen LogP contribution in [0.25, 0.3) is 0 Å². The predicted octanol–water partition coefficient (Wildman–Crippen LogP) is 3.15. The smallest absolute Gasteiger partial charge is 0.0272 e. The zero-order valence-electron chi connectivity index (χ0n) is 4.95. The van der Waals surface area contributed by atoms with Crippen LogP contribution in [-0.4, -0.2) is 5.88 Å². The number of allylic oxidation sites excluding steroid dienone is 2. The maximum Gasteiger partial charge on any atom is 0.0272 e. The van der Waals surface area contributed by atoms with Gasteiger partial charge < -0.3 is 0 Å². The van der Waals surface area contributed by atoms with Crippen molar-refractivity contribution in [3.63, 3.8) is 0 Å². The monoisotopic (exact) mass is 152 g/mol. The van der Waals surface area contributed by atoms with Crippen LogP contribution in [0.3, 0.4) is 0 Å². The minimum Gasteiger partial charge on any atom is -0.126 e. The Morgan fingerprint density at radius 3 is 2.62 bits per heavy atom. The number of hydrogen-bond donors (Lipinski definition) is 0. The molecule has 0 aromatic carbocycles. The largest absolute Gasteiger partial charge is 0.126 e. The minimum absolute atomic E-state index is 0.620. The highest BCUT2D eigenvalue weighted by Crippen LogP contribution is 2.08. The first-order chi connectivity index (χ1) is 3.81. The summed E-state index contributed by atoms with van der Waals surface area (Å²) in [7, 11) is 0. The molecular weight excluding hydrogens is 143 g/mol. The third-order valence-electron chi connectivity index (χ3n) is 0.759. The van der Waals surface area contributed by atoms with E-state index < -0.39 is 0 Å². The van der Waals surface area contributed by atoms with Crippen molar-refractivity contribution in [1.29, 1.82) is 0 Å². The van der Waals surface area contributed by atoms with Crippen LogP contribution in [0.15, 0.2) is 11.1 Å². The standard InChI is InChI=1S/C6H10Cl2/c1-2-3-6(8)4-5-7/h3H,2,4-5H2,1H3/b6-3+. The van der Waals surface area contributed by atoms with Gasteiger partial charge >= 0.3 is 0 Å². The molecule has 0 N–H and O–H groups in total. The van der Waals surface area contributed by atoms with Crippen molar-refractivity contribution in [1.82, 2.24) is 0 Å². The third-order valence-corrected chi connectivity index (χ3v) is 1.29. The van der Waals surface area contributed by atoms with E-state index in [9.17, 15) is 0 Å². The Bertz CT molecular complexity index is 76.6. The summed E-state index contributed by atoms with van der Waals surface area (Å²) in [6, 6.07) is 0. The van der Waals surface area contributed by atoms with Crippen LogP contribution in [0.4, 0.5) is 0 Å². The first-order valence-corrected chi connectivity index (χ1v) is 3.63. The lowest BCUT2D eigenvalue weighted by molar-refractivity contribution is 1.14. The summed E-state index contributed by atoms with van der Waals surface area (Å²) < 4.78 is 0. The SMILES string of the molecule is CC/C=C(/Cl)CCCl. The van der Waals surface area contributed by atoms with E-state index in [0.29, 0.717) is 5.88 Å². The van der Waals surface area contributed by atoms with Gasteiger partial charge in [-0.15, -0.1) is 11.6 Å². The lowest BCUT2D eigenvalue weighted by Gasteiger charge is -1.89. The highest BCUT2D eigenvalue weighted by atomic mass is 35.5. The molecule has 0 saturated carbocycles. The Kier molecular flexibility index (Phi) is 5.67. The Hall–Kier alpha value is 0.320. The maximum atomic E-state index is 5.66. The molecule has 2 heteroatoms. The molecule has 0 amide bonds. The van der Waals surface area contributed by atoms with Gasteiger partial charge in [-0.1, -0.05) is 24.6 Å². The van der Waals surface area contributed by atoms with Gasteiger partial charge in [0, 0.05) is 10.9 Å².